The second-order valence-corrected chi connectivity index (χ2v) is 11.0. The molecule has 0 N–H and O–H groups in total. The van der Waals surface area contributed by atoms with Crippen LogP contribution >= 0.6 is 11.8 Å². The topological polar surface area (TPSA) is 125 Å². The molecule has 12 heteroatoms. The molecule has 1 aliphatic rings. The molecule has 0 aliphatic carbocycles. The van der Waals surface area contributed by atoms with Crippen LogP contribution in [0.5, 0.6) is 0 Å². The fourth-order valence-corrected chi connectivity index (χ4v) is 6.44. The number of Topliss-reactive ketones (excluding diaryl/α,β-unsaturated/α-hetero) is 1. The van der Waals surface area contributed by atoms with Crippen molar-refractivity contribution in [2.75, 3.05) is 26.3 Å². The minimum atomic E-state index is -3.87. The molecule has 1 fully saturated rings. The Hall–Kier alpha value is -2.80. The summed E-state index contributed by atoms with van der Waals surface area (Å²) in [5.41, 5.74) is 1.72. The number of rotatable bonds is 9. The molecule has 3 aromatic rings. The molecule has 0 amide bonds. The van der Waals surface area contributed by atoms with Gasteiger partial charge in [-0.1, -0.05) is 6.92 Å². The van der Waals surface area contributed by atoms with Gasteiger partial charge < -0.3 is 9.30 Å². The molecule has 10 nitrogen and oxygen atoms in total. The van der Waals surface area contributed by atoms with E-state index in [0.717, 1.165) is 29.8 Å². The normalized spacial score (nSPS) is 14.9. The first-order valence-electron chi connectivity index (χ1n) is 11.3. The van der Waals surface area contributed by atoms with Crippen molar-refractivity contribution in [3.8, 4) is 0 Å². The number of nitro benzene ring substituents is 1. The highest BCUT2D eigenvalue weighted by molar-refractivity contribution is 7.99. The molecule has 1 aromatic heterocycles. The molecule has 1 saturated heterocycles. The van der Waals surface area contributed by atoms with Gasteiger partial charge in [-0.25, -0.2) is 13.4 Å². The number of ether oxygens (including phenoxy) is 1. The van der Waals surface area contributed by atoms with E-state index in [4.69, 9.17) is 4.74 Å². The minimum Gasteiger partial charge on any atom is -0.379 e. The smallest absolute Gasteiger partial charge is 0.284 e. The predicted molar refractivity (Wildman–Crippen MR) is 131 cm³/mol. The number of aromatic nitrogens is 2. The number of benzene rings is 2. The van der Waals surface area contributed by atoms with E-state index in [1.165, 1.54) is 16.4 Å². The maximum atomic E-state index is 13.0. The second-order valence-electron chi connectivity index (χ2n) is 8.02. The van der Waals surface area contributed by atoms with Crippen LogP contribution < -0.4 is 0 Å². The molecule has 1 aliphatic heterocycles. The van der Waals surface area contributed by atoms with Crippen LogP contribution in [0.25, 0.3) is 11.0 Å². The number of hydrogen-bond donors (Lipinski definition) is 0. The van der Waals surface area contributed by atoms with Crippen LogP contribution in [-0.4, -0.2) is 59.3 Å². The lowest BCUT2D eigenvalue weighted by molar-refractivity contribution is -0.388. The van der Waals surface area contributed by atoms with Crippen molar-refractivity contribution in [2.24, 2.45) is 0 Å². The second kappa shape index (κ2) is 10.4. The lowest BCUT2D eigenvalue weighted by Crippen LogP contribution is -2.40. The van der Waals surface area contributed by atoms with Crippen molar-refractivity contribution in [2.45, 2.75) is 48.2 Å². The molecular weight excluding hydrogens is 492 g/mol. The zero-order chi connectivity index (χ0) is 25.2. The Morgan fingerprint density at radius 3 is 2.57 bits per heavy atom. The Labute approximate surface area is 207 Å². The predicted octanol–water partition coefficient (Wildman–Crippen LogP) is 4.12. The third-order valence-corrected chi connectivity index (χ3v) is 8.72. The molecule has 0 unspecified atom stereocenters. The Kier molecular flexibility index (Phi) is 7.55. The van der Waals surface area contributed by atoms with Gasteiger partial charge in [-0.3, -0.25) is 14.9 Å². The number of ketones is 1. The number of sulfonamides is 1. The molecule has 0 radical (unpaired) electrons. The number of carbonyl (C=O) groups excluding carboxylic acids is 1. The maximum Gasteiger partial charge on any atom is 0.284 e. The van der Waals surface area contributed by atoms with Crippen molar-refractivity contribution in [1.82, 2.24) is 13.9 Å². The summed E-state index contributed by atoms with van der Waals surface area (Å²) in [5, 5.41) is 12.4. The van der Waals surface area contributed by atoms with Crippen LogP contribution in [0.2, 0.25) is 0 Å². The summed E-state index contributed by atoms with van der Waals surface area (Å²) in [7, 11) is -3.87. The largest absolute Gasteiger partial charge is 0.379 e. The first-order chi connectivity index (χ1) is 16.8. The highest BCUT2D eigenvalue weighted by Crippen LogP contribution is 2.38. The van der Waals surface area contributed by atoms with Crippen LogP contribution in [0.1, 0.15) is 37.0 Å². The molecule has 0 spiro atoms. The lowest BCUT2D eigenvalue weighted by Gasteiger charge is -2.26. The standard InChI is InChI=1S/C23H26N4O6S2/c1-3-5-21(28)16-6-8-19-18(14-16)24-23(26(19)4-2)34-22-9-7-17(15-20(22)27(29)30)35(31,32)25-10-12-33-13-11-25/h6-9,14-15H,3-5,10-13H2,1-2H3. The number of nitrogens with zero attached hydrogens (tertiary/aromatic N) is 4. The summed E-state index contributed by atoms with van der Waals surface area (Å²) in [6, 6.07) is 9.30. The van der Waals surface area contributed by atoms with E-state index in [1.807, 2.05) is 24.5 Å². The lowest BCUT2D eigenvalue weighted by atomic mass is 10.1. The summed E-state index contributed by atoms with van der Waals surface area (Å²) in [6.07, 6.45) is 1.20. The molecule has 0 saturated carbocycles. The Balaban J connectivity index is 1.70. The SMILES string of the molecule is CCCC(=O)c1ccc2c(c1)nc(Sc1ccc(S(=O)(=O)N3CCOCC3)cc1[N+](=O)[O-])n2CC. The summed E-state index contributed by atoms with van der Waals surface area (Å²) < 4.78 is 34.4. The molecular formula is C23H26N4O6S2. The van der Waals surface area contributed by atoms with E-state index < -0.39 is 14.9 Å². The Morgan fingerprint density at radius 1 is 1.17 bits per heavy atom. The van der Waals surface area contributed by atoms with Gasteiger partial charge in [0.25, 0.3) is 5.69 Å². The molecule has 186 valence electrons. The summed E-state index contributed by atoms with van der Waals surface area (Å²) in [4.78, 5) is 28.4. The highest BCUT2D eigenvalue weighted by atomic mass is 32.2. The van der Waals surface area contributed by atoms with Crippen LogP contribution in [0.4, 0.5) is 5.69 Å². The number of carbonyl (C=O) groups is 1. The van der Waals surface area contributed by atoms with Gasteiger partial charge in [-0.15, -0.1) is 0 Å². The molecule has 2 heterocycles. The first kappa shape index (κ1) is 25.3. The molecule has 0 atom stereocenters. The van der Waals surface area contributed by atoms with Gasteiger partial charge in [-0.2, -0.15) is 4.31 Å². The Morgan fingerprint density at radius 2 is 1.91 bits per heavy atom. The Bertz CT molecular complexity index is 1380. The molecule has 2 aromatic carbocycles. The monoisotopic (exact) mass is 518 g/mol. The number of aryl methyl sites for hydroxylation is 1. The zero-order valence-corrected chi connectivity index (χ0v) is 21.1. The third kappa shape index (κ3) is 5.10. The maximum absolute atomic E-state index is 13.0. The summed E-state index contributed by atoms with van der Waals surface area (Å²) in [5.74, 6) is 0.0438. The van der Waals surface area contributed by atoms with Crippen LogP contribution in [0.3, 0.4) is 0 Å². The number of morpholine rings is 1. The first-order valence-corrected chi connectivity index (χ1v) is 13.6. The van der Waals surface area contributed by atoms with Gasteiger partial charge in [-0.05, 0) is 55.4 Å². The van der Waals surface area contributed by atoms with E-state index in [1.54, 1.807) is 12.1 Å². The van der Waals surface area contributed by atoms with E-state index >= 15 is 0 Å². The van der Waals surface area contributed by atoms with Gasteiger partial charge in [0, 0.05) is 37.7 Å². The average Bonchev–Trinajstić information content (AvgIpc) is 3.20. The van der Waals surface area contributed by atoms with Crippen LogP contribution in [-0.2, 0) is 21.3 Å². The highest BCUT2D eigenvalue weighted by Gasteiger charge is 2.29. The summed E-state index contributed by atoms with van der Waals surface area (Å²) in [6.45, 7) is 5.43. The van der Waals surface area contributed by atoms with Crippen LogP contribution in [0, 0.1) is 10.1 Å². The van der Waals surface area contributed by atoms with E-state index in [0.29, 0.717) is 29.2 Å². The van der Waals surface area contributed by atoms with Crippen molar-refractivity contribution >= 4 is 44.3 Å². The van der Waals surface area contributed by atoms with Gasteiger partial charge in [0.1, 0.15) is 0 Å². The fraction of sp³-hybridized carbons (Fsp3) is 0.391. The molecule has 35 heavy (non-hydrogen) atoms. The van der Waals surface area contributed by atoms with Gasteiger partial charge in [0.05, 0.1) is 39.0 Å². The van der Waals surface area contributed by atoms with E-state index in [9.17, 15) is 23.3 Å². The minimum absolute atomic E-state index is 0.0438. The molecule has 4 rings (SSSR count). The van der Waals surface area contributed by atoms with Gasteiger partial charge in [0.15, 0.2) is 10.9 Å². The van der Waals surface area contributed by atoms with Gasteiger partial charge >= 0.3 is 0 Å². The zero-order valence-electron chi connectivity index (χ0n) is 19.5. The third-order valence-electron chi connectivity index (χ3n) is 5.76. The van der Waals surface area contributed by atoms with Crippen molar-refractivity contribution < 1.29 is 22.9 Å². The van der Waals surface area contributed by atoms with Crippen molar-refractivity contribution in [3.63, 3.8) is 0 Å². The van der Waals surface area contributed by atoms with Crippen LogP contribution in [0.15, 0.2) is 51.3 Å². The number of hydrogen-bond acceptors (Lipinski definition) is 8. The average molecular weight is 519 g/mol. The fourth-order valence-electron chi connectivity index (χ4n) is 3.96. The number of imidazole rings is 1. The van der Waals surface area contributed by atoms with Crippen molar-refractivity contribution in [3.05, 3.63) is 52.1 Å². The van der Waals surface area contributed by atoms with Gasteiger partial charge in [0.2, 0.25) is 10.0 Å². The molecule has 0 bridgehead atoms. The quantitative estimate of drug-likeness (QED) is 0.235. The van der Waals surface area contributed by atoms with Crippen molar-refractivity contribution in [1.29, 1.82) is 0 Å². The van der Waals surface area contributed by atoms with E-state index in [2.05, 4.69) is 4.98 Å². The van der Waals surface area contributed by atoms with E-state index in [-0.39, 0.29) is 47.6 Å². The number of fused-ring (bicyclic) bond motifs is 1. The number of nitro groups is 1. The summed E-state index contributed by atoms with van der Waals surface area (Å²) >= 11 is 1.10.